The van der Waals surface area contributed by atoms with Gasteiger partial charge >= 0.3 is 0 Å². The summed E-state index contributed by atoms with van der Waals surface area (Å²) in [5, 5.41) is 3.85. The Kier molecular flexibility index (Phi) is 3.67. The van der Waals surface area contributed by atoms with Crippen molar-refractivity contribution in [1.29, 1.82) is 0 Å². The van der Waals surface area contributed by atoms with E-state index in [9.17, 15) is 4.39 Å². The van der Waals surface area contributed by atoms with Crippen LogP contribution in [0.2, 0.25) is 0 Å². The van der Waals surface area contributed by atoms with Crippen molar-refractivity contribution in [3.63, 3.8) is 0 Å². The molecule has 0 fully saturated rings. The smallest absolute Gasteiger partial charge is 0.236 e. The summed E-state index contributed by atoms with van der Waals surface area (Å²) in [5.74, 6) is 0.524. The molecule has 1 aromatic rings. The van der Waals surface area contributed by atoms with Crippen molar-refractivity contribution >= 4 is 0 Å². The average molecular weight is 198 g/mol. The Balaban J connectivity index is 2.66. The largest absolute Gasteiger partial charge is 0.269 e. The highest BCUT2D eigenvalue weighted by Gasteiger charge is 2.11. The van der Waals surface area contributed by atoms with E-state index in [0.29, 0.717) is 11.5 Å². The molecule has 0 saturated heterocycles. The van der Waals surface area contributed by atoms with Gasteiger partial charge in [-0.2, -0.15) is 4.39 Å². The third-order valence-electron chi connectivity index (χ3n) is 2.30. The second kappa shape index (κ2) is 4.58. The molecule has 1 heterocycles. The maximum absolute atomic E-state index is 13.3. The number of hydrogen-bond acceptors (Lipinski definition) is 1. The predicted molar refractivity (Wildman–Crippen MR) is 55.7 cm³/mol. The highest BCUT2D eigenvalue weighted by molar-refractivity contribution is 5.11. The Morgan fingerprint density at radius 1 is 1.36 bits per heavy atom. The SMILES string of the molecule is CC(C)CCn1cc(C(C)C)c(F)n1. The summed E-state index contributed by atoms with van der Waals surface area (Å²) in [6.45, 7) is 9.08. The van der Waals surface area contributed by atoms with Crippen molar-refractivity contribution in [2.75, 3.05) is 0 Å². The molecule has 0 unspecified atom stereocenters. The second-order valence-electron chi connectivity index (χ2n) is 4.48. The van der Waals surface area contributed by atoms with Gasteiger partial charge in [0.1, 0.15) is 0 Å². The van der Waals surface area contributed by atoms with Crippen LogP contribution in [0.25, 0.3) is 0 Å². The van der Waals surface area contributed by atoms with E-state index < -0.39 is 0 Å². The molecule has 0 bridgehead atoms. The van der Waals surface area contributed by atoms with Crippen LogP contribution in [0, 0.1) is 11.9 Å². The van der Waals surface area contributed by atoms with Crippen molar-refractivity contribution in [2.24, 2.45) is 5.92 Å². The van der Waals surface area contributed by atoms with Crippen LogP contribution < -0.4 is 0 Å². The minimum atomic E-state index is -0.316. The van der Waals surface area contributed by atoms with Crippen LogP contribution in [0.4, 0.5) is 4.39 Å². The Morgan fingerprint density at radius 2 is 2.00 bits per heavy atom. The Morgan fingerprint density at radius 3 is 2.43 bits per heavy atom. The van der Waals surface area contributed by atoms with E-state index >= 15 is 0 Å². The third-order valence-corrected chi connectivity index (χ3v) is 2.30. The summed E-state index contributed by atoms with van der Waals surface area (Å²) in [6.07, 6.45) is 2.86. The highest BCUT2D eigenvalue weighted by Crippen LogP contribution is 2.17. The predicted octanol–water partition coefficient (Wildman–Crippen LogP) is 3.19. The Labute approximate surface area is 85.1 Å². The van der Waals surface area contributed by atoms with Crippen molar-refractivity contribution in [3.05, 3.63) is 17.7 Å². The summed E-state index contributed by atoms with van der Waals surface area (Å²) < 4.78 is 15.0. The number of rotatable bonds is 4. The molecule has 0 aromatic carbocycles. The summed E-state index contributed by atoms with van der Waals surface area (Å²) in [7, 11) is 0. The van der Waals surface area contributed by atoms with Gasteiger partial charge in [0, 0.05) is 18.3 Å². The van der Waals surface area contributed by atoms with Gasteiger partial charge in [-0.25, -0.2) is 0 Å². The van der Waals surface area contributed by atoms with E-state index in [0.717, 1.165) is 13.0 Å². The van der Waals surface area contributed by atoms with Gasteiger partial charge in [0.2, 0.25) is 5.95 Å². The van der Waals surface area contributed by atoms with Crippen molar-refractivity contribution in [3.8, 4) is 0 Å². The molecule has 1 aromatic heterocycles. The molecular formula is C11H19FN2. The van der Waals surface area contributed by atoms with Crippen LogP contribution in [-0.2, 0) is 6.54 Å². The van der Waals surface area contributed by atoms with Crippen LogP contribution in [-0.4, -0.2) is 9.78 Å². The normalized spacial score (nSPS) is 11.6. The topological polar surface area (TPSA) is 17.8 Å². The zero-order valence-electron chi connectivity index (χ0n) is 9.42. The lowest BCUT2D eigenvalue weighted by Gasteiger charge is -2.03. The molecule has 0 spiro atoms. The Bertz CT molecular complexity index is 289. The molecule has 0 radical (unpaired) electrons. The molecule has 0 aliphatic carbocycles. The van der Waals surface area contributed by atoms with Crippen LogP contribution >= 0.6 is 0 Å². The summed E-state index contributed by atoms with van der Waals surface area (Å²) in [4.78, 5) is 0. The minimum Gasteiger partial charge on any atom is -0.269 e. The molecule has 80 valence electrons. The van der Waals surface area contributed by atoms with Gasteiger partial charge in [-0.15, -0.1) is 5.10 Å². The van der Waals surface area contributed by atoms with E-state index in [1.165, 1.54) is 0 Å². The molecule has 0 amide bonds. The van der Waals surface area contributed by atoms with E-state index in [1.54, 1.807) is 4.68 Å². The molecule has 3 heteroatoms. The molecule has 0 atom stereocenters. The fraction of sp³-hybridized carbons (Fsp3) is 0.727. The molecule has 0 aliphatic rings. The number of aromatic nitrogens is 2. The van der Waals surface area contributed by atoms with Gasteiger partial charge in [-0.05, 0) is 18.3 Å². The van der Waals surface area contributed by atoms with Gasteiger partial charge < -0.3 is 0 Å². The van der Waals surface area contributed by atoms with Crippen LogP contribution in [0.1, 0.15) is 45.6 Å². The molecule has 0 saturated carbocycles. The molecule has 2 nitrogen and oxygen atoms in total. The average Bonchev–Trinajstić information content (AvgIpc) is 2.43. The first-order valence-electron chi connectivity index (χ1n) is 5.23. The van der Waals surface area contributed by atoms with Gasteiger partial charge in [0.15, 0.2) is 0 Å². The summed E-state index contributed by atoms with van der Waals surface area (Å²) in [5.41, 5.74) is 0.716. The van der Waals surface area contributed by atoms with Gasteiger partial charge in [0.25, 0.3) is 0 Å². The van der Waals surface area contributed by atoms with E-state index in [2.05, 4.69) is 18.9 Å². The number of hydrogen-bond donors (Lipinski definition) is 0. The van der Waals surface area contributed by atoms with Crippen LogP contribution in [0.3, 0.4) is 0 Å². The maximum Gasteiger partial charge on any atom is 0.236 e. The second-order valence-corrected chi connectivity index (χ2v) is 4.48. The monoisotopic (exact) mass is 198 g/mol. The molecule has 14 heavy (non-hydrogen) atoms. The highest BCUT2D eigenvalue weighted by atomic mass is 19.1. The lowest BCUT2D eigenvalue weighted by Crippen LogP contribution is -2.02. The molecule has 0 aliphatic heterocycles. The van der Waals surface area contributed by atoms with E-state index in [-0.39, 0.29) is 11.9 Å². The zero-order chi connectivity index (χ0) is 10.7. The Hall–Kier alpha value is -0.860. The van der Waals surface area contributed by atoms with Crippen LogP contribution in [0.15, 0.2) is 6.20 Å². The van der Waals surface area contributed by atoms with E-state index in [1.807, 2.05) is 20.0 Å². The summed E-state index contributed by atoms with van der Waals surface area (Å²) >= 11 is 0. The maximum atomic E-state index is 13.3. The first-order chi connectivity index (χ1) is 6.50. The number of nitrogens with zero attached hydrogens (tertiary/aromatic N) is 2. The molecule has 1 rings (SSSR count). The number of aryl methyl sites for hydroxylation is 1. The van der Waals surface area contributed by atoms with Gasteiger partial charge in [-0.3, -0.25) is 4.68 Å². The number of halogens is 1. The van der Waals surface area contributed by atoms with Crippen molar-refractivity contribution in [2.45, 2.75) is 46.6 Å². The lowest BCUT2D eigenvalue weighted by molar-refractivity contribution is 0.462. The minimum absolute atomic E-state index is 0.211. The van der Waals surface area contributed by atoms with Crippen LogP contribution in [0.5, 0.6) is 0 Å². The van der Waals surface area contributed by atoms with Crippen molar-refractivity contribution < 1.29 is 4.39 Å². The van der Waals surface area contributed by atoms with E-state index in [4.69, 9.17) is 0 Å². The molecular weight excluding hydrogens is 179 g/mol. The van der Waals surface area contributed by atoms with Crippen molar-refractivity contribution in [1.82, 2.24) is 9.78 Å². The van der Waals surface area contributed by atoms with Gasteiger partial charge in [0.05, 0.1) is 0 Å². The molecule has 0 N–H and O–H groups in total. The first-order valence-corrected chi connectivity index (χ1v) is 5.23. The summed E-state index contributed by atoms with van der Waals surface area (Å²) in [6, 6.07) is 0. The fourth-order valence-electron chi connectivity index (χ4n) is 1.31. The third kappa shape index (κ3) is 2.82. The lowest BCUT2D eigenvalue weighted by atomic mass is 10.1. The van der Waals surface area contributed by atoms with Gasteiger partial charge in [-0.1, -0.05) is 27.7 Å². The fourth-order valence-corrected chi connectivity index (χ4v) is 1.31. The standard InChI is InChI=1S/C11H19FN2/c1-8(2)5-6-14-7-10(9(3)4)11(12)13-14/h7-9H,5-6H2,1-4H3. The first kappa shape index (κ1) is 11.2. The zero-order valence-corrected chi connectivity index (χ0v) is 9.42. The quantitative estimate of drug-likeness (QED) is 0.726.